The minimum absolute atomic E-state index is 0.484. The summed E-state index contributed by atoms with van der Waals surface area (Å²) in [6, 6.07) is 0. The summed E-state index contributed by atoms with van der Waals surface area (Å²) in [7, 11) is -0.968. The topological polar surface area (TPSA) is 36.9 Å². The van der Waals surface area contributed by atoms with Gasteiger partial charge in [-0.1, -0.05) is 0 Å². The fraction of sp³-hybridized carbons (Fsp3) is 0.500. The maximum Gasteiger partial charge on any atom is 0.657 e. The Balaban J connectivity index is 1.96. The third kappa shape index (κ3) is 1.45. The van der Waals surface area contributed by atoms with Gasteiger partial charge in [0, 0.05) is 0 Å². The number of allylic oxidation sites excluding steroid dienone is 4. The molecule has 0 aliphatic carbocycles. The third-order valence-electron chi connectivity index (χ3n) is 2.39. The molecule has 0 radical (unpaired) electrons. The van der Waals surface area contributed by atoms with Gasteiger partial charge in [-0.05, 0) is 27.7 Å². The minimum Gasteiger partial charge on any atom is -0.527 e. The van der Waals surface area contributed by atoms with Crippen LogP contribution in [0.2, 0.25) is 0 Å². The Bertz CT molecular complexity index is 263. The van der Waals surface area contributed by atoms with Gasteiger partial charge in [-0.3, -0.25) is 0 Å². The van der Waals surface area contributed by atoms with E-state index in [1.54, 1.807) is 0 Å². The molecule has 2 heterocycles. The van der Waals surface area contributed by atoms with Crippen LogP contribution >= 0.6 is 0 Å². The molecular weight excluding hydrogens is 182 g/mol. The standard InChI is InChI=1S/C8H12B2O4/c1-5-6(2)12-9(11-5)10-13-7(3)8(4)14-10/h1-4H3. The molecule has 0 saturated carbocycles. The van der Waals surface area contributed by atoms with Crippen molar-refractivity contribution in [1.82, 2.24) is 0 Å². The Kier molecular flexibility index (Phi) is 2.13. The lowest BCUT2D eigenvalue weighted by molar-refractivity contribution is 0.340. The molecule has 2 aliphatic rings. The lowest BCUT2D eigenvalue weighted by atomic mass is 9.49. The summed E-state index contributed by atoms with van der Waals surface area (Å²) >= 11 is 0. The van der Waals surface area contributed by atoms with Crippen molar-refractivity contribution >= 4 is 14.0 Å². The van der Waals surface area contributed by atoms with Gasteiger partial charge in [-0.2, -0.15) is 0 Å². The van der Waals surface area contributed by atoms with Crippen molar-refractivity contribution in [2.75, 3.05) is 0 Å². The van der Waals surface area contributed by atoms with E-state index in [0.717, 1.165) is 23.0 Å². The van der Waals surface area contributed by atoms with Crippen molar-refractivity contribution < 1.29 is 18.6 Å². The summed E-state index contributed by atoms with van der Waals surface area (Å²) in [5.74, 6) is 3.13. The summed E-state index contributed by atoms with van der Waals surface area (Å²) in [5, 5.41) is 0. The number of hydrogen-bond acceptors (Lipinski definition) is 4. The average molecular weight is 194 g/mol. The van der Waals surface area contributed by atoms with Gasteiger partial charge in [-0.15, -0.1) is 0 Å². The van der Waals surface area contributed by atoms with E-state index in [9.17, 15) is 0 Å². The molecule has 0 aromatic heterocycles. The van der Waals surface area contributed by atoms with Gasteiger partial charge in [0.2, 0.25) is 0 Å². The molecule has 0 atom stereocenters. The Labute approximate surface area is 84.1 Å². The van der Waals surface area contributed by atoms with E-state index in [-0.39, 0.29) is 0 Å². The maximum absolute atomic E-state index is 5.43. The summed E-state index contributed by atoms with van der Waals surface area (Å²) in [6.07, 6.45) is 0. The van der Waals surface area contributed by atoms with Crippen LogP contribution in [-0.4, -0.2) is 14.0 Å². The molecule has 0 spiro atoms. The second kappa shape index (κ2) is 3.19. The molecular formula is C8H12B2O4. The lowest BCUT2D eigenvalue weighted by Crippen LogP contribution is -2.39. The fourth-order valence-electron chi connectivity index (χ4n) is 1.30. The normalized spacial score (nSPS) is 20.9. The summed E-state index contributed by atoms with van der Waals surface area (Å²) < 4.78 is 21.7. The van der Waals surface area contributed by atoms with Crippen molar-refractivity contribution in [3.8, 4) is 0 Å². The van der Waals surface area contributed by atoms with E-state index in [2.05, 4.69) is 0 Å². The van der Waals surface area contributed by atoms with Gasteiger partial charge in [0.1, 0.15) is 23.0 Å². The van der Waals surface area contributed by atoms with Crippen LogP contribution in [0.25, 0.3) is 0 Å². The van der Waals surface area contributed by atoms with Crippen LogP contribution in [0, 0.1) is 0 Å². The molecule has 6 heteroatoms. The van der Waals surface area contributed by atoms with E-state index >= 15 is 0 Å². The Morgan fingerprint density at radius 1 is 0.571 bits per heavy atom. The molecule has 0 unspecified atom stereocenters. The zero-order valence-corrected chi connectivity index (χ0v) is 8.79. The Hall–Kier alpha value is -1.19. The van der Waals surface area contributed by atoms with Crippen molar-refractivity contribution in [1.29, 1.82) is 0 Å². The molecule has 0 fully saturated rings. The predicted octanol–water partition coefficient (Wildman–Crippen LogP) is 1.64. The number of rotatable bonds is 1. The fourth-order valence-corrected chi connectivity index (χ4v) is 1.30. The molecule has 0 amide bonds. The summed E-state index contributed by atoms with van der Waals surface area (Å²) in [4.78, 5) is 0. The minimum atomic E-state index is -0.484. The quantitative estimate of drug-likeness (QED) is 0.594. The molecule has 0 aromatic carbocycles. The van der Waals surface area contributed by atoms with E-state index in [4.69, 9.17) is 18.6 Å². The molecule has 2 rings (SSSR count). The highest BCUT2D eigenvalue weighted by molar-refractivity contribution is 7.11. The zero-order valence-electron chi connectivity index (χ0n) is 8.79. The predicted molar refractivity (Wildman–Crippen MR) is 52.6 cm³/mol. The first-order valence-electron chi connectivity index (χ1n) is 4.59. The van der Waals surface area contributed by atoms with E-state index in [1.807, 2.05) is 27.7 Å². The molecule has 0 bridgehead atoms. The summed E-state index contributed by atoms with van der Waals surface area (Å²) in [5.41, 5.74) is 0. The highest BCUT2D eigenvalue weighted by Gasteiger charge is 2.53. The van der Waals surface area contributed by atoms with Gasteiger partial charge in [0.15, 0.2) is 0 Å². The van der Waals surface area contributed by atoms with Crippen LogP contribution in [-0.2, 0) is 18.6 Å². The highest BCUT2D eigenvalue weighted by Crippen LogP contribution is 2.26. The van der Waals surface area contributed by atoms with Crippen LogP contribution in [0.15, 0.2) is 23.0 Å². The van der Waals surface area contributed by atoms with Crippen LogP contribution in [0.1, 0.15) is 27.7 Å². The van der Waals surface area contributed by atoms with E-state index < -0.39 is 14.0 Å². The molecule has 0 aromatic rings. The first-order chi connectivity index (χ1) is 6.58. The third-order valence-corrected chi connectivity index (χ3v) is 2.39. The molecule has 0 saturated heterocycles. The second-order valence-corrected chi connectivity index (χ2v) is 3.43. The molecule has 14 heavy (non-hydrogen) atoms. The van der Waals surface area contributed by atoms with E-state index in [0.29, 0.717) is 0 Å². The van der Waals surface area contributed by atoms with E-state index in [1.165, 1.54) is 0 Å². The smallest absolute Gasteiger partial charge is 0.527 e. The van der Waals surface area contributed by atoms with Crippen LogP contribution < -0.4 is 0 Å². The Morgan fingerprint density at radius 2 is 0.786 bits per heavy atom. The van der Waals surface area contributed by atoms with Gasteiger partial charge in [-0.25, -0.2) is 0 Å². The summed E-state index contributed by atoms with van der Waals surface area (Å²) in [6.45, 7) is 7.43. The SMILES string of the molecule is CC1=C(C)OB(B2OC(C)=C(C)O2)O1. The van der Waals surface area contributed by atoms with Crippen molar-refractivity contribution in [2.45, 2.75) is 27.7 Å². The van der Waals surface area contributed by atoms with Gasteiger partial charge >= 0.3 is 14.0 Å². The highest BCUT2D eigenvalue weighted by atomic mass is 16.7. The first kappa shape index (κ1) is 9.37. The van der Waals surface area contributed by atoms with Crippen molar-refractivity contribution in [2.24, 2.45) is 0 Å². The zero-order chi connectivity index (χ0) is 10.3. The maximum atomic E-state index is 5.43. The monoisotopic (exact) mass is 194 g/mol. The molecule has 74 valence electrons. The average Bonchev–Trinajstić information content (AvgIpc) is 2.60. The van der Waals surface area contributed by atoms with Crippen LogP contribution in [0.3, 0.4) is 0 Å². The second-order valence-electron chi connectivity index (χ2n) is 3.43. The molecule has 4 nitrogen and oxygen atoms in total. The Morgan fingerprint density at radius 3 is 1.00 bits per heavy atom. The van der Waals surface area contributed by atoms with Gasteiger partial charge in [0.25, 0.3) is 0 Å². The van der Waals surface area contributed by atoms with Crippen molar-refractivity contribution in [3.05, 3.63) is 23.0 Å². The van der Waals surface area contributed by atoms with Crippen LogP contribution in [0.4, 0.5) is 0 Å². The molecule has 0 N–H and O–H groups in total. The largest absolute Gasteiger partial charge is 0.657 e. The van der Waals surface area contributed by atoms with Gasteiger partial charge < -0.3 is 18.6 Å². The van der Waals surface area contributed by atoms with Crippen LogP contribution in [0.5, 0.6) is 0 Å². The molecule has 2 aliphatic heterocycles. The van der Waals surface area contributed by atoms with Gasteiger partial charge in [0.05, 0.1) is 0 Å². The first-order valence-corrected chi connectivity index (χ1v) is 4.59. The number of hydrogen-bond donors (Lipinski definition) is 0. The van der Waals surface area contributed by atoms with Crippen molar-refractivity contribution in [3.63, 3.8) is 0 Å². The lowest BCUT2D eigenvalue weighted by Gasteiger charge is -2.09.